The average molecular weight is 560 g/mol. The molecule has 8 nitrogen and oxygen atoms in total. The van der Waals surface area contributed by atoms with Crippen LogP contribution >= 0.6 is 0 Å². The standard InChI is InChI=1S/C31H29NO7S/c33-30(37-22-25-10-4-1-5-11-25)27(21-32-31(34)38-23-26-12-6-2-7-13-26)20-24-16-18-28(19-17-24)39-40(35,36)29-14-8-3-9-15-29/h1-19,27H,20-23H2,(H,32,34). The molecule has 0 bridgehead atoms. The van der Waals surface area contributed by atoms with Crippen LogP contribution in [0.4, 0.5) is 4.79 Å². The fourth-order valence-electron chi connectivity index (χ4n) is 3.79. The molecule has 4 aromatic carbocycles. The van der Waals surface area contributed by atoms with E-state index in [1.165, 1.54) is 24.3 Å². The monoisotopic (exact) mass is 559 g/mol. The Morgan fingerprint density at radius 2 is 1.18 bits per heavy atom. The highest BCUT2D eigenvalue weighted by atomic mass is 32.2. The summed E-state index contributed by atoms with van der Waals surface area (Å²) in [6, 6.07) is 32.8. The van der Waals surface area contributed by atoms with Crippen LogP contribution < -0.4 is 9.50 Å². The van der Waals surface area contributed by atoms with Crippen LogP contribution in [0.25, 0.3) is 0 Å². The fourth-order valence-corrected chi connectivity index (χ4v) is 4.74. The molecule has 0 heterocycles. The fraction of sp³-hybridized carbons (Fsp3) is 0.161. The van der Waals surface area contributed by atoms with Gasteiger partial charge in [0.25, 0.3) is 0 Å². The van der Waals surface area contributed by atoms with Crippen molar-refractivity contribution in [3.63, 3.8) is 0 Å². The molecular formula is C31H29NO7S. The molecule has 206 valence electrons. The minimum Gasteiger partial charge on any atom is -0.461 e. The van der Waals surface area contributed by atoms with Gasteiger partial charge in [0.1, 0.15) is 23.9 Å². The summed E-state index contributed by atoms with van der Waals surface area (Å²) in [4.78, 5) is 25.4. The van der Waals surface area contributed by atoms with Gasteiger partial charge in [-0.25, -0.2) is 4.79 Å². The first kappa shape index (κ1) is 28.4. The number of esters is 1. The molecule has 0 saturated heterocycles. The molecule has 9 heteroatoms. The Morgan fingerprint density at radius 3 is 1.75 bits per heavy atom. The number of hydrogen-bond donors (Lipinski definition) is 1. The lowest BCUT2D eigenvalue weighted by Crippen LogP contribution is -2.35. The summed E-state index contributed by atoms with van der Waals surface area (Å²) in [5, 5.41) is 2.65. The van der Waals surface area contributed by atoms with Crippen LogP contribution in [0.3, 0.4) is 0 Å². The number of nitrogens with one attached hydrogen (secondary N) is 1. The Labute approximate surface area is 233 Å². The van der Waals surface area contributed by atoms with Crippen LogP contribution in [-0.4, -0.2) is 27.0 Å². The summed E-state index contributed by atoms with van der Waals surface area (Å²) in [5.41, 5.74) is 2.41. The third kappa shape index (κ3) is 8.71. The van der Waals surface area contributed by atoms with Gasteiger partial charge in [-0.05, 0) is 47.4 Å². The zero-order chi connectivity index (χ0) is 28.2. The van der Waals surface area contributed by atoms with Crippen molar-refractivity contribution < 1.29 is 31.7 Å². The van der Waals surface area contributed by atoms with Gasteiger partial charge < -0.3 is 19.0 Å². The SMILES string of the molecule is O=C(NCC(Cc1ccc(OS(=O)(=O)c2ccccc2)cc1)C(=O)OCc1ccccc1)OCc1ccccc1. The van der Waals surface area contributed by atoms with Gasteiger partial charge in [-0.15, -0.1) is 0 Å². The summed E-state index contributed by atoms with van der Waals surface area (Å²) in [7, 11) is -3.98. The van der Waals surface area contributed by atoms with Crippen molar-refractivity contribution in [3.05, 3.63) is 132 Å². The van der Waals surface area contributed by atoms with Gasteiger partial charge >= 0.3 is 22.2 Å². The van der Waals surface area contributed by atoms with E-state index in [1.807, 2.05) is 60.7 Å². The van der Waals surface area contributed by atoms with E-state index in [9.17, 15) is 18.0 Å². The summed E-state index contributed by atoms with van der Waals surface area (Å²) in [6.45, 7) is 0.184. The smallest absolute Gasteiger partial charge is 0.407 e. The first-order chi connectivity index (χ1) is 19.4. The molecule has 1 atom stereocenters. The van der Waals surface area contributed by atoms with Crippen LogP contribution in [0.1, 0.15) is 16.7 Å². The normalized spacial score (nSPS) is 11.7. The maximum Gasteiger partial charge on any atom is 0.407 e. The molecule has 1 amide bonds. The molecule has 0 aliphatic rings. The van der Waals surface area contributed by atoms with Crippen molar-refractivity contribution in [3.8, 4) is 5.75 Å². The zero-order valence-electron chi connectivity index (χ0n) is 21.6. The third-order valence-corrected chi connectivity index (χ3v) is 7.17. The van der Waals surface area contributed by atoms with Crippen molar-refractivity contribution in [2.24, 2.45) is 5.92 Å². The Morgan fingerprint density at radius 1 is 0.650 bits per heavy atom. The lowest BCUT2D eigenvalue weighted by molar-refractivity contribution is -0.149. The van der Waals surface area contributed by atoms with Crippen molar-refractivity contribution >= 4 is 22.2 Å². The minimum absolute atomic E-state index is 0.0120. The highest BCUT2D eigenvalue weighted by Gasteiger charge is 2.23. The lowest BCUT2D eigenvalue weighted by atomic mass is 9.99. The third-order valence-electron chi connectivity index (χ3n) is 5.91. The Balaban J connectivity index is 1.38. The van der Waals surface area contributed by atoms with E-state index in [1.54, 1.807) is 30.3 Å². The highest BCUT2D eigenvalue weighted by molar-refractivity contribution is 7.87. The van der Waals surface area contributed by atoms with Crippen molar-refractivity contribution in [1.82, 2.24) is 5.32 Å². The number of amides is 1. The summed E-state index contributed by atoms with van der Waals surface area (Å²) in [6.07, 6.45) is -0.419. The van der Waals surface area contributed by atoms with Gasteiger partial charge in [0, 0.05) is 6.54 Å². The molecule has 0 fully saturated rings. The van der Waals surface area contributed by atoms with E-state index in [2.05, 4.69) is 5.32 Å². The predicted octanol–water partition coefficient (Wildman–Crippen LogP) is 5.28. The largest absolute Gasteiger partial charge is 0.461 e. The lowest BCUT2D eigenvalue weighted by Gasteiger charge is -2.17. The molecule has 0 saturated carbocycles. The number of alkyl carbamates (subject to hydrolysis) is 1. The van der Waals surface area contributed by atoms with E-state index in [0.717, 1.165) is 16.7 Å². The van der Waals surface area contributed by atoms with E-state index < -0.39 is 28.1 Å². The van der Waals surface area contributed by atoms with Gasteiger partial charge in [0.15, 0.2) is 0 Å². The zero-order valence-corrected chi connectivity index (χ0v) is 22.5. The highest BCUT2D eigenvalue weighted by Crippen LogP contribution is 2.21. The molecule has 0 aliphatic carbocycles. The van der Waals surface area contributed by atoms with Crippen molar-refractivity contribution in [2.45, 2.75) is 24.5 Å². The Hall–Kier alpha value is -4.63. The molecule has 1 N–H and O–H groups in total. The van der Waals surface area contributed by atoms with Crippen molar-refractivity contribution in [1.29, 1.82) is 0 Å². The molecule has 40 heavy (non-hydrogen) atoms. The Bertz CT molecular complexity index is 1480. The van der Waals surface area contributed by atoms with Gasteiger partial charge in [-0.3, -0.25) is 4.79 Å². The average Bonchev–Trinajstić information content (AvgIpc) is 2.99. The molecule has 0 spiro atoms. The minimum atomic E-state index is -3.98. The number of carbonyl (C=O) groups excluding carboxylic acids is 2. The second kappa shape index (κ2) is 14.0. The molecule has 0 radical (unpaired) electrons. The van der Waals surface area contributed by atoms with Crippen LogP contribution in [0.2, 0.25) is 0 Å². The molecule has 0 aliphatic heterocycles. The quantitative estimate of drug-likeness (QED) is 0.186. The van der Waals surface area contributed by atoms with E-state index in [-0.39, 0.29) is 36.8 Å². The van der Waals surface area contributed by atoms with Crippen LogP contribution in [0.5, 0.6) is 5.75 Å². The maximum atomic E-state index is 13.0. The second-order valence-electron chi connectivity index (χ2n) is 8.93. The predicted molar refractivity (Wildman–Crippen MR) is 149 cm³/mol. The Kier molecular flexibility index (Phi) is 9.90. The number of benzene rings is 4. The molecule has 4 aromatic rings. The van der Waals surface area contributed by atoms with E-state index >= 15 is 0 Å². The summed E-state index contributed by atoms with van der Waals surface area (Å²) in [5.74, 6) is -1.06. The van der Waals surface area contributed by atoms with Crippen LogP contribution in [-0.2, 0) is 44.0 Å². The van der Waals surface area contributed by atoms with E-state index in [0.29, 0.717) is 0 Å². The number of ether oxygens (including phenoxy) is 2. The number of rotatable bonds is 12. The summed E-state index contributed by atoms with van der Waals surface area (Å²) >= 11 is 0. The maximum absolute atomic E-state index is 13.0. The molecule has 1 unspecified atom stereocenters. The van der Waals surface area contributed by atoms with Gasteiger partial charge in [-0.2, -0.15) is 8.42 Å². The van der Waals surface area contributed by atoms with Crippen LogP contribution in [0.15, 0.2) is 120 Å². The van der Waals surface area contributed by atoms with Gasteiger partial charge in [-0.1, -0.05) is 91.0 Å². The molecule has 4 rings (SSSR count). The topological polar surface area (TPSA) is 108 Å². The summed E-state index contributed by atoms with van der Waals surface area (Å²) < 4.78 is 41.0. The van der Waals surface area contributed by atoms with E-state index in [4.69, 9.17) is 13.7 Å². The van der Waals surface area contributed by atoms with Crippen molar-refractivity contribution in [2.75, 3.05) is 6.54 Å². The van der Waals surface area contributed by atoms with Gasteiger partial charge in [0.2, 0.25) is 0 Å². The molecule has 0 aromatic heterocycles. The van der Waals surface area contributed by atoms with Gasteiger partial charge in [0.05, 0.1) is 5.92 Å². The first-order valence-corrected chi connectivity index (χ1v) is 14.0. The second-order valence-corrected chi connectivity index (χ2v) is 10.5. The number of carbonyl (C=O) groups is 2. The molecular weight excluding hydrogens is 530 g/mol. The van der Waals surface area contributed by atoms with Crippen LogP contribution in [0, 0.1) is 5.92 Å². The first-order valence-electron chi connectivity index (χ1n) is 12.6. The number of hydrogen-bond acceptors (Lipinski definition) is 7.